The van der Waals surface area contributed by atoms with Crippen LogP contribution in [0.4, 0.5) is 5.95 Å². The van der Waals surface area contributed by atoms with E-state index in [1.807, 2.05) is 42.5 Å². The Bertz CT molecular complexity index is 955. The van der Waals surface area contributed by atoms with Crippen LogP contribution in [0.5, 0.6) is 0 Å². The van der Waals surface area contributed by atoms with Gasteiger partial charge in [-0.25, -0.2) is 9.97 Å². The number of hydrogen-bond donors (Lipinski definition) is 2. The van der Waals surface area contributed by atoms with Crippen molar-refractivity contribution in [2.75, 3.05) is 5.43 Å². The van der Waals surface area contributed by atoms with Crippen molar-refractivity contribution in [1.29, 1.82) is 0 Å². The second kappa shape index (κ2) is 7.92. The van der Waals surface area contributed by atoms with Gasteiger partial charge in [0.05, 0.1) is 11.2 Å². The van der Waals surface area contributed by atoms with Crippen LogP contribution in [0.15, 0.2) is 48.5 Å². The van der Waals surface area contributed by atoms with E-state index in [2.05, 4.69) is 20.8 Å². The topological polar surface area (TPSA) is 66.9 Å². The highest BCUT2D eigenvalue weighted by Gasteiger charge is 2.21. The molecule has 1 fully saturated rings. The molecule has 1 saturated carbocycles. The van der Waals surface area contributed by atoms with Crippen LogP contribution in [-0.2, 0) is 4.79 Å². The van der Waals surface area contributed by atoms with Crippen LogP contribution in [0.3, 0.4) is 0 Å². The van der Waals surface area contributed by atoms with Crippen molar-refractivity contribution >= 4 is 34.4 Å². The van der Waals surface area contributed by atoms with Crippen LogP contribution in [-0.4, -0.2) is 15.9 Å². The monoisotopic (exact) mass is 380 g/mol. The van der Waals surface area contributed by atoms with Crippen LogP contribution in [0.25, 0.3) is 22.2 Å². The number of hydrogen-bond acceptors (Lipinski definition) is 4. The molecule has 0 unspecified atom stereocenters. The summed E-state index contributed by atoms with van der Waals surface area (Å²) >= 11 is 6.18. The van der Waals surface area contributed by atoms with E-state index in [4.69, 9.17) is 11.6 Å². The van der Waals surface area contributed by atoms with Crippen molar-refractivity contribution in [3.63, 3.8) is 0 Å². The second-order valence-corrected chi connectivity index (χ2v) is 7.31. The fourth-order valence-electron chi connectivity index (χ4n) is 3.56. The smallest absolute Gasteiger partial charge is 0.242 e. The number of fused-ring (bicyclic) bond motifs is 1. The van der Waals surface area contributed by atoms with Crippen LogP contribution < -0.4 is 10.9 Å². The van der Waals surface area contributed by atoms with Crippen molar-refractivity contribution in [1.82, 2.24) is 15.4 Å². The fraction of sp³-hybridized carbons (Fsp3) is 0.286. The molecule has 27 heavy (non-hydrogen) atoms. The molecule has 4 rings (SSSR count). The summed E-state index contributed by atoms with van der Waals surface area (Å²) in [7, 11) is 0. The summed E-state index contributed by atoms with van der Waals surface area (Å²) < 4.78 is 0. The third kappa shape index (κ3) is 4.03. The van der Waals surface area contributed by atoms with Crippen molar-refractivity contribution in [2.24, 2.45) is 5.92 Å². The summed E-state index contributed by atoms with van der Waals surface area (Å²) in [5.41, 5.74) is 8.20. The van der Waals surface area contributed by atoms with E-state index in [-0.39, 0.29) is 11.8 Å². The standard InChI is InChI=1S/C21H21ClN4O/c22-16-11-12-18-17(13-16)19(14-7-3-1-4-8-14)24-21(23-18)26-25-20(27)15-9-5-2-6-10-15/h1,3-4,7-8,11-13,15H,2,5-6,9-10H2,(H,25,27)(H,23,24,26). The Balaban J connectivity index is 1.63. The molecule has 1 aliphatic carbocycles. The largest absolute Gasteiger partial charge is 0.273 e. The molecule has 3 aromatic rings. The Morgan fingerprint density at radius 3 is 2.56 bits per heavy atom. The Morgan fingerprint density at radius 2 is 1.78 bits per heavy atom. The number of halogens is 1. The number of carbonyl (C=O) groups excluding carboxylic acids is 1. The first-order valence-electron chi connectivity index (χ1n) is 9.29. The molecule has 138 valence electrons. The van der Waals surface area contributed by atoms with Crippen molar-refractivity contribution in [3.8, 4) is 11.3 Å². The number of nitrogens with one attached hydrogen (secondary N) is 2. The molecule has 2 N–H and O–H groups in total. The van der Waals surface area contributed by atoms with Gasteiger partial charge in [0.15, 0.2) is 0 Å². The molecule has 5 nitrogen and oxygen atoms in total. The zero-order valence-electron chi connectivity index (χ0n) is 14.9. The van der Waals surface area contributed by atoms with E-state index in [0.717, 1.165) is 47.8 Å². The number of anilines is 1. The summed E-state index contributed by atoms with van der Waals surface area (Å²) in [5.74, 6) is 0.447. The fourth-order valence-corrected chi connectivity index (χ4v) is 3.73. The molecule has 6 heteroatoms. The van der Waals surface area contributed by atoms with Crippen LogP contribution in [0.1, 0.15) is 32.1 Å². The zero-order chi connectivity index (χ0) is 18.6. The average Bonchev–Trinajstić information content (AvgIpc) is 2.73. The maximum atomic E-state index is 12.4. The predicted octanol–water partition coefficient (Wildman–Crippen LogP) is 4.97. The van der Waals surface area contributed by atoms with Crippen LogP contribution in [0.2, 0.25) is 5.02 Å². The van der Waals surface area contributed by atoms with E-state index < -0.39 is 0 Å². The minimum Gasteiger partial charge on any atom is -0.273 e. The first-order chi connectivity index (χ1) is 13.2. The van der Waals surface area contributed by atoms with Crippen LogP contribution >= 0.6 is 11.6 Å². The lowest BCUT2D eigenvalue weighted by Crippen LogP contribution is -2.36. The third-order valence-corrected chi connectivity index (χ3v) is 5.21. The number of rotatable bonds is 4. The lowest BCUT2D eigenvalue weighted by Gasteiger charge is -2.21. The number of amides is 1. The molecule has 1 amide bonds. The quantitative estimate of drug-likeness (QED) is 0.627. The van der Waals surface area contributed by atoms with Gasteiger partial charge in [0.25, 0.3) is 0 Å². The lowest BCUT2D eigenvalue weighted by atomic mass is 9.89. The number of carbonyl (C=O) groups is 1. The van der Waals surface area contributed by atoms with E-state index in [1.54, 1.807) is 6.07 Å². The Kier molecular flexibility index (Phi) is 5.21. The van der Waals surface area contributed by atoms with Gasteiger partial charge in [-0.2, -0.15) is 0 Å². The van der Waals surface area contributed by atoms with E-state index in [9.17, 15) is 4.79 Å². The Hall–Kier alpha value is -2.66. The number of hydrazine groups is 1. The predicted molar refractivity (Wildman–Crippen MR) is 108 cm³/mol. The van der Waals surface area contributed by atoms with Crippen molar-refractivity contribution in [2.45, 2.75) is 32.1 Å². The summed E-state index contributed by atoms with van der Waals surface area (Å²) in [6, 6.07) is 15.4. The summed E-state index contributed by atoms with van der Waals surface area (Å²) in [5, 5.41) is 1.51. The van der Waals surface area contributed by atoms with Gasteiger partial charge in [0, 0.05) is 21.9 Å². The Labute approximate surface area is 163 Å². The average molecular weight is 381 g/mol. The molecule has 1 heterocycles. The highest BCUT2D eigenvalue weighted by molar-refractivity contribution is 6.31. The normalized spacial score (nSPS) is 14.9. The zero-order valence-corrected chi connectivity index (χ0v) is 15.7. The van der Waals surface area contributed by atoms with E-state index in [1.165, 1.54) is 6.42 Å². The molecular formula is C21H21ClN4O. The summed E-state index contributed by atoms with van der Waals surface area (Å²) in [6.45, 7) is 0. The van der Waals surface area contributed by atoms with Gasteiger partial charge in [0.1, 0.15) is 0 Å². The number of benzene rings is 2. The Morgan fingerprint density at radius 1 is 1.00 bits per heavy atom. The highest BCUT2D eigenvalue weighted by atomic mass is 35.5. The summed E-state index contributed by atoms with van der Waals surface area (Å²) in [4.78, 5) is 21.5. The molecular weight excluding hydrogens is 360 g/mol. The van der Waals surface area contributed by atoms with Gasteiger partial charge >= 0.3 is 0 Å². The van der Waals surface area contributed by atoms with Crippen molar-refractivity contribution < 1.29 is 4.79 Å². The summed E-state index contributed by atoms with van der Waals surface area (Å²) in [6.07, 6.45) is 5.33. The first-order valence-corrected chi connectivity index (χ1v) is 9.67. The molecule has 0 saturated heterocycles. The molecule has 0 atom stereocenters. The van der Waals surface area contributed by atoms with Gasteiger partial charge in [-0.05, 0) is 31.0 Å². The van der Waals surface area contributed by atoms with Gasteiger partial charge in [-0.3, -0.25) is 15.6 Å². The molecule has 1 aromatic heterocycles. The van der Waals surface area contributed by atoms with Gasteiger partial charge in [-0.15, -0.1) is 0 Å². The van der Waals surface area contributed by atoms with E-state index >= 15 is 0 Å². The number of aromatic nitrogens is 2. The van der Waals surface area contributed by atoms with Crippen LogP contribution in [0, 0.1) is 5.92 Å². The van der Waals surface area contributed by atoms with Crippen molar-refractivity contribution in [3.05, 3.63) is 53.6 Å². The van der Waals surface area contributed by atoms with Gasteiger partial charge < -0.3 is 0 Å². The third-order valence-electron chi connectivity index (χ3n) is 4.98. The van der Waals surface area contributed by atoms with Gasteiger partial charge in [0.2, 0.25) is 11.9 Å². The van der Waals surface area contributed by atoms with E-state index in [0.29, 0.717) is 11.0 Å². The number of nitrogens with zero attached hydrogens (tertiary/aromatic N) is 2. The minimum atomic E-state index is 0.00997. The maximum Gasteiger partial charge on any atom is 0.242 e. The SMILES string of the molecule is O=C(NNc1nc(-c2ccccc2)c2cc(Cl)ccc2n1)C1CCCCC1. The second-order valence-electron chi connectivity index (χ2n) is 6.87. The molecule has 1 aliphatic rings. The van der Waals surface area contributed by atoms with Gasteiger partial charge in [-0.1, -0.05) is 61.2 Å². The molecule has 0 radical (unpaired) electrons. The maximum absolute atomic E-state index is 12.4. The first kappa shape index (κ1) is 17.7. The molecule has 0 aliphatic heterocycles. The highest BCUT2D eigenvalue weighted by Crippen LogP contribution is 2.29. The molecule has 2 aromatic carbocycles. The molecule has 0 spiro atoms. The lowest BCUT2D eigenvalue weighted by molar-refractivity contribution is -0.125. The minimum absolute atomic E-state index is 0.00997. The molecule has 0 bridgehead atoms.